The third-order valence-electron chi connectivity index (χ3n) is 2.33. The smallest absolute Gasteiger partial charge is 0.227 e. The molecule has 1 amide bonds. The number of nitrogens with one attached hydrogen (secondary N) is 1. The van der Waals surface area contributed by atoms with Crippen molar-refractivity contribution < 1.29 is 9.90 Å². The number of hydrogen-bond donors (Lipinski definition) is 2. The highest BCUT2D eigenvalue weighted by Gasteiger charge is 2.29. The van der Waals surface area contributed by atoms with Crippen LogP contribution in [-0.4, -0.2) is 11.0 Å². The number of carbonyl (C=O) groups is 1. The summed E-state index contributed by atoms with van der Waals surface area (Å²) >= 11 is 0. The molecule has 1 aromatic rings. The Balaban J connectivity index is 2.04. The van der Waals surface area contributed by atoms with Crippen molar-refractivity contribution in [3.8, 4) is 0 Å². The van der Waals surface area contributed by atoms with E-state index < -0.39 is 0 Å². The van der Waals surface area contributed by atoms with Gasteiger partial charge in [-0.15, -0.1) is 0 Å². The van der Waals surface area contributed by atoms with Gasteiger partial charge in [-0.25, -0.2) is 0 Å². The van der Waals surface area contributed by atoms with Gasteiger partial charge < -0.3 is 10.4 Å². The largest absolute Gasteiger partial charge is 0.392 e. The number of rotatable bonds is 3. The Hall–Kier alpha value is -1.35. The van der Waals surface area contributed by atoms with Crippen molar-refractivity contribution in [2.75, 3.05) is 5.32 Å². The van der Waals surface area contributed by atoms with Crippen LogP contribution >= 0.6 is 0 Å². The molecule has 0 heterocycles. The second kappa shape index (κ2) is 3.80. The quantitative estimate of drug-likeness (QED) is 0.761. The fraction of sp³-hybridized carbons (Fsp3) is 0.364. The average Bonchev–Trinajstić information content (AvgIpc) is 3.01. The number of anilines is 1. The first-order valence-corrected chi connectivity index (χ1v) is 4.80. The van der Waals surface area contributed by atoms with E-state index in [-0.39, 0.29) is 18.4 Å². The van der Waals surface area contributed by atoms with Gasteiger partial charge in [0.1, 0.15) is 0 Å². The number of carbonyl (C=O) groups excluding carboxylic acids is 1. The fourth-order valence-corrected chi connectivity index (χ4v) is 1.34. The zero-order chi connectivity index (χ0) is 9.97. The van der Waals surface area contributed by atoms with Gasteiger partial charge in [0, 0.05) is 11.6 Å². The highest BCUT2D eigenvalue weighted by molar-refractivity contribution is 5.94. The van der Waals surface area contributed by atoms with Crippen LogP contribution in [0.1, 0.15) is 18.4 Å². The molecule has 0 unspecified atom stereocenters. The summed E-state index contributed by atoms with van der Waals surface area (Å²) < 4.78 is 0. The SMILES string of the molecule is O=C(Nc1cccc(CO)c1)C1CC1. The molecule has 0 radical (unpaired) electrons. The van der Waals surface area contributed by atoms with E-state index in [1.807, 2.05) is 18.2 Å². The van der Waals surface area contributed by atoms with Gasteiger partial charge in [-0.05, 0) is 30.5 Å². The van der Waals surface area contributed by atoms with Crippen molar-refractivity contribution in [3.63, 3.8) is 0 Å². The van der Waals surface area contributed by atoms with E-state index in [4.69, 9.17) is 5.11 Å². The molecule has 74 valence electrons. The van der Waals surface area contributed by atoms with Crippen molar-refractivity contribution in [1.82, 2.24) is 0 Å². The van der Waals surface area contributed by atoms with Gasteiger partial charge in [0.2, 0.25) is 5.91 Å². The fourth-order valence-electron chi connectivity index (χ4n) is 1.34. The van der Waals surface area contributed by atoms with Crippen LogP contribution < -0.4 is 5.32 Å². The molecule has 2 N–H and O–H groups in total. The molecular formula is C11H13NO2. The van der Waals surface area contributed by atoms with Crippen LogP contribution in [0.3, 0.4) is 0 Å². The van der Waals surface area contributed by atoms with Crippen LogP contribution in [0.4, 0.5) is 5.69 Å². The molecule has 1 saturated carbocycles. The lowest BCUT2D eigenvalue weighted by Crippen LogP contribution is -2.13. The van der Waals surface area contributed by atoms with Crippen molar-refractivity contribution in [3.05, 3.63) is 29.8 Å². The third-order valence-corrected chi connectivity index (χ3v) is 2.33. The highest BCUT2D eigenvalue weighted by atomic mass is 16.3. The Kier molecular flexibility index (Phi) is 2.50. The lowest BCUT2D eigenvalue weighted by atomic mass is 10.2. The molecule has 0 spiro atoms. The Labute approximate surface area is 82.8 Å². The van der Waals surface area contributed by atoms with Gasteiger partial charge in [-0.3, -0.25) is 4.79 Å². The maximum absolute atomic E-state index is 11.4. The summed E-state index contributed by atoms with van der Waals surface area (Å²) in [6.07, 6.45) is 2.01. The second-order valence-electron chi connectivity index (χ2n) is 3.62. The Morgan fingerprint density at radius 1 is 1.50 bits per heavy atom. The zero-order valence-electron chi connectivity index (χ0n) is 7.86. The highest BCUT2D eigenvalue weighted by Crippen LogP contribution is 2.30. The van der Waals surface area contributed by atoms with Gasteiger partial charge in [0.25, 0.3) is 0 Å². The van der Waals surface area contributed by atoms with E-state index in [2.05, 4.69) is 5.32 Å². The lowest BCUT2D eigenvalue weighted by Gasteiger charge is -2.05. The molecule has 14 heavy (non-hydrogen) atoms. The minimum atomic E-state index is 0.00708. The second-order valence-corrected chi connectivity index (χ2v) is 3.62. The standard InChI is InChI=1S/C11H13NO2/c13-7-8-2-1-3-10(6-8)12-11(14)9-4-5-9/h1-3,6,9,13H,4-5,7H2,(H,12,14). The summed E-state index contributed by atoms with van der Waals surface area (Å²) in [6, 6.07) is 7.28. The van der Waals surface area contributed by atoms with Crippen LogP contribution in [0.2, 0.25) is 0 Å². The molecule has 2 rings (SSSR count). The molecule has 1 aromatic carbocycles. The number of amides is 1. The van der Waals surface area contributed by atoms with Gasteiger partial charge in [-0.2, -0.15) is 0 Å². The first-order chi connectivity index (χ1) is 6.79. The van der Waals surface area contributed by atoms with E-state index in [1.54, 1.807) is 6.07 Å². The van der Waals surface area contributed by atoms with Crippen molar-refractivity contribution in [2.45, 2.75) is 19.4 Å². The van der Waals surface area contributed by atoms with E-state index in [0.717, 1.165) is 24.1 Å². The normalized spacial score (nSPS) is 15.2. The number of aliphatic hydroxyl groups is 1. The minimum Gasteiger partial charge on any atom is -0.392 e. The van der Waals surface area contributed by atoms with Crippen LogP contribution in [0.25, 0.3) is 0 Å². The molecule has 3 heteroatoms. The van der Waals surface area contributed by atoms with E-state index in [0.29, 0.717) is 0 Å². The maximum Gasteiger partial charge on any atom is 0.227 e. The van der Waals surface area contributed by atoms with Gasteiger partial charge in [0.05, 0.1) is 6.61 Å². The zero-order valence-corrected chi connectivity index (χ0v) is 7.86. The van der Waals surface area contributed by atoms with Crippen LogP contribution in [0.15, 0.2) is 24.3 Å². The van der Waals surface area contributed by atoms with Gasteiger partial charge >= 0.3 is 0 Å². The molecule has 3 nitrogen and oxygen atoms in total. The predicted molar refractivity (Wildman–Crippen MR) is 53.7 cm³/mol. The van der Waals surface area contributed by atoms with E-state index in [1.165, 1.54) is 0 Å². The number of benzene rings is 1. The average molecular weight is 191 g/mol. The molecular weight excluding hydrogens is 178 g/mol. The Morgan fingerprint density at radius 3 is 2.93 bits per heavy atom. The van der Waals surface area contributed by atoms with Crippen molar-refractivity contribution in [2.24, 2.45) is 5.92 Å². The summed E-state index contributed by atoms with van der Waals surface area (Å²) in [5.41, 5.74) is 1.59. The first kappa shape index (κ1) is 9.21. The predicted octanol–water partition coefficient (Wildman–Crippen LogP) is 1.53. The van der Waals surface area contributed by atoms with Gasteiger partial charge in [-0.1, -0.05) is 12.1 Å². The van der Waals surface area contributed by atoms with Crippen LogP contribution in [0.5, 0.6) is 0 Å². The Bertz CT molecular complexity index is 345. The van der Waals surface area contributed by atoms with Crippen molar-refractivity contribution >= 4 is 11.6 Å². The number of aliphatic hydroxyl groups excluding tert-OH is 1. The molecule has 0 aromatic heterocycles. The van der Waals surface area contributed by atoms with Crippen LogP contribution in [0, 0.1) is 5.92 Å². The molecule has 1 aliphatic carbocycles. The summed E-state index contributed by atoms with van der Waals surface area (Å²) in [7, 11) is 0. The minimum absolute atomic E-state index is 0.00708. The summed E-state index contributed by atoms with van der Waals surface area (Å²) in [5, 5.41) is 11.7. The van der Waals surface area contributed by atoms with E-state index >= 15 is 0 Å². The summed E-state index contributed by atoms with van der Waals surface area (Å²) in [6.45, 7) is 0.00708. The maximum atomic E-state index is 11.4. The first-order valence-electron chi connectivity index (χ1n) is 4.80. The molecule has 0 aliphatic heterocycles. The van der Waals surface area contributed by atoms with Crippen molar-refractivity contribution in [1.29, 1.82) is 0 Å². The summed E-state index contributed by atoms with van der Waals surface area (Å²) in [5.74, 6) is 0.313. The summed E-state index contributed by atoms with van der Waals surface area (Å²) in [4.78, 5) is 11.4. The third kappa shape index (κ3) is 2.12. The topological polar surface area (TPSA) is 49.3 Å². The molecule has 1 aliphatic rings. The van der Waals surface area contributed by atoms with Crippen LogP contribution in [-0.2, 0) is 11.4 Å². The Morgan fingerprint density at radius 2 is 2.29 bits per heavy atom. The lowest BCUT2D eigenvalue weighted by molar-refractivity contribution is -0.117. The molecule has 0 atom stereocenters. The number of hydrogen-bond acceptors (Lipinski definition) is 2. The monoisotopic (exact) mass is 191 g/mol. The molecule has 0 saturated heterocycles. The molecule has 0 bridgehead atoms. The van der Waals surface area contributed by atoms with Gasteiger partial charge in [0.15, 0.2) is 0 Å². The van der Waals surface area contributed by atoms with E-state index in [9.17, 15) is 4.79 Å². The molecule has 1 fully saturated rings.